The highest BCUT2D eigenvalue weighted by atomic mass is 35.5. The Balaban J connectivity index is 0.00000240. The summed E-state index contributed by atoms with van der Waals surface area (Å²) in [4.78, 5) is 4.49. The van der Waals surface area contributed by atoms with Crippen molar-refractivity contribution in [3.63, 3.8) is 0 Å². The first-order valence-electron chi connectivity index (χ1n) is 10.2. The number of rotatable bonds is 4. The van der Waals surface area contributed by atoms with Crippen molar-refractivity contribution in [2.45, 2.75) is 44.4 Å². The van der Waals surface area contributed by atoms with Gasteiger partial charge < -0.3 is 9.73 Å². The van der Waals surface area contributed by atoms with Gasteiger partial charge in [-0.1, -0.05) is 12.1 Å². The lowest BCUT2D eigenvalue weighted by atomic mass is 9.79. The molecule has 0 aliphatic carbocycles. The molecule has 0 amide bonds. The van der Waals surface area contributed by atoms with Crippen LogP contribution < -0.4 is 5.32 Å². The zero-order valence-electron chi connectivity index (χ0n) is 17.1. The van der Waals surface area contributed by atoms with Crippen molar-refractivity contribution >= 4 is 22.4 Å². The second-order valence-corrected chi connectivity index (χ2v) is 9.96. The first-order valence-corrected chi connectivity index (χ1v) is 11.6. The van der Waals surface area contributed by atoms with Crippen molar-refractivity contribution in [3.05, 3.63) is 35.9 Å². The summed E-state index contributed by atoms with van der Waals surface area (Å²) in [5.41, 5.74) is 1.51. The van der Waals surface area contributed by atoms with E-state index in [1.807, 2.05) is 19.1 Å². The van der Waals surface area contributed by atoms with Crippen LogP contribution in [0.5, 0.6) is 0 Å². The van der Waals surface area contributed by atoms with Gasteiger partial charge in [-0.05, 0) is 69.2 Å². The van der Waals surface area contributed by atoms with Crippen LogP contribution in [0.2, 0.25) is 0 Å². The van der Waals surface area contributed by atoms with Crippen molar-refractivity contribution in [1.29, 1.82) is 0 Å². The number of nitrogens with zero attached hydrogens (tertiary/aromatic N) is 2. The third kappa shape index (κ3) is 4.68. The van der Waals surface area contributed by atoms with Crippen molar-refractivity contribution < 1.29 is 12.8 Å². The van der Waals surface area contributed by atoms with Crippen LogP contribution in [0.25, 0.3) is 11.3 Å². The molecule has 0 bridgehead atoms. The van der Waals surface area contributed by atoms with Crippen LogP contribution >= 0.6 is 12.4 Å². The molecule has 1 aromatic carbocycles. The molecule has 2 aromatic rings. The summed E-state index contributed by atoms with van der Waals surface area (Å²) in [6, 6.07) is 5.46. The molecule has 1 aromatic heterocycles. The Morgan fingerprint density at radius 2 is 1.72 bits per heavy atom. The number of sulfonamides is 1. The van der Waals surface area contributed by atoms with E-state index < -0.39 is 10.0 Å². The zero-order valence-corrected chi connectivity index (χ0v) is 18.7. The molecule has 1 N–H and O–H groups in total. The molecule has 0 saturated carbocycles. The SMILES string of the molecule is Cc1ncc(-c2ccc(C)c(S(=O)(=O)N3CCC(C4CCNCC4)CC3)c2)o1.Cl. The van der Waals surface area contributed by atoms with E-state index in [2.05, 4.69) is 10.3 Å². The number of nitrogens with one attached hydrogen (secondary N) is 1. The quantitative estimate of drug-likeness (QED) is 0.784. The van der Waals surface area contributed by atoms with Gasteiger partial charge in [0.25, 0.3) is 0 Å². The summed E-state index contributed by atoms with van der Waals surface area (Å²) in [7, 11) is -3.51. The highest BCUT2D eigenvalue weighted by Gasteiger charge is 2.33. The van der Waals surface area contributed by atoms with Crippen molar-refractivity contribution in [2.24, 2.45) is 11.8 Å². The van der Waals surface area contributed by atoms with E-state index in [9.17, 15) is 8.42 Å². The largest absolute Gasteiger partial charge is 0.441 e. The number of aryl methyl sites for hydroxylation is 2. The third-order valence-electron chi connectivity index (χ3n) is 6.26. The minimum absolute atomic E-state index is 0. The summed E-state index contributed by atoms with van der Waals surface area (Å²) in [5, 5.41) is 3.42. The van der Waals surface area contributed by atoms with Crippen LogP contribution in [0.15, 0.2) is 33.7 Å². The van der Waals surface area contributed by atoms with Crippen molar-refractivity contribution in [2.75, 3.05) is 26.2 Å². The molecule has 0 atom stereocenters. The van der Waals surface area contributed by atoms with Gasteiger partial charge in [0, 0.05) is 25.6 Å². The van der Waals surface area contributed by atoms with Gasteiger partial charge in [0.15, 0.2) is 11.7 Å². The van der Waals surface area contributed by atoms with Crippen molar-refractivity contribution in [3.8, 4) is 11.3 Å². The number of oxazole rings is 1. The Kier molecular flexibility index (Phi) is 7.04. The molecule has 2 saturated heterocycles. The van der Waals surface area contributed by atoms with Gasteiger partial charge in [0.2, 0.25) is 10.0 Å². The molecule has 2 fully saturated rings. The number of piperidine rings is 2. The van der Waals surface area contributed by atoms with Crippen LogP contribution in [0.4, 0.5) is 0 Å². The zero-order chi connectivity index (χ0) is 19.7. The number of aromatic nitrogens is 1. The van der Waals surface area contributed by atoms with Crippen LogP contribution in [0.1, 0.15) is 37.1 Å². The fourth-order valence-electron chi connectivity index (χ4n) is 4.57. The Morgan fingerprint density at radius 3 is 2.34 bits per heavy atom. The molecular weight excluding hydrogens is 410 g/mol. The summed E-state index contributed by atoms with van der Waals surface area (Å²) >= 11 is 0. The standard InChI is InChI=1S/C21H29N3O3S.ClH/c1-15-3-4-19(20-14-23-16(2)27-20)13-21(15)28(25,26)24-11-7-18(8-12-24)17-5-9-22-10-6-17;/h3-4,13-14,17-18,22H,5-12H2,1-2H3;1H. The molecule has 2 aliphatic heterocycles. The molecule has 29 heavy (non-hydrogen) atoms. The highest BCUT2D eigenvalue weighted by Crippen LogP contribution is 2.34. The van der Waals surface area contributed by atoms with E-state index in [1.54, 1.807) is 23.5 Å². The van der Waals surface area contributed by atoms with Gasteiger partial charge in [-0.2, -0.15) is 4.31 Å². The molecule has 160 valence electrons. The first-order chi connectivity index (χ1) is 13.4. The smallest absolute Gasteiger partial charge is 0.243 e. The summed E-state index contributed by atoms with van der Waals surface area (Å²) in [5.74, 6) is 2.56. The number of halogens is 1. The predicted octanol–water partition coefficient (Wildman–Crippen LogP) is 3.78. The maximum Gasteiger partial charge on any atom is 0.243 e. The molecule has 2 aliphatic rings. The van der Waals surface area contributed by atoms with E-state index in [1.165, 1.54) is 12.8 Å². The third-order valence-corrected chi connectivity index (χ3v) is 8.30. The average Bonchev–Trinajstić information content (AvgIpc) is 3.15. The van der Waals surface area contributed by atoms with Gasteiger partial charge in [-0.3, -0.25) is 0 Å². The van der Waals surface area contributed by atoms with Crippen LogP contribution in [0.3, 0.4) is 0 Å². The summed E-state index contributed by atoms with van der Waals surface area (Å²) in [6.45, 7) is 7.04. The van der Waals surface area contributed by atoms with E-state index in [4.69, 9.17) is 4.42 Å². The second kappa shape index (κ2) is 9.16. The maximum atomic E-state index is 13.3. The van der Waals surface area contributed by atoms with Crippen LogP contribution in [-0.2, 0) is 10.0 Å². The first kappa shape index (κ1) is 22.3. The van der Waals surface area contributed by atoms with Gasteiger partial charge in [0.1, 0.15) is 0 Å². The lowest BCUT2D eigenvalue weighted by Crippen LogP contribution is -2.42. The monoisotopic (exact) mass is 439 g/mol. The lowest BCUT2D eigenvalue weighted by molar-refractivity contribution is 0.176. The molecule has 0 radical (unpaired) electrons. The van der Waals surface area contributed by atoms with E-state index in [0.717, 1.165) is 43.0 Å². The lowest BCUT2D eigenvalue weighted by Gasteiger charge is -2.37. The van der Waals surface area contributed by atoms with Gasteiger partial charge in [-0.15, -0.1) is 12.4 Å². The highest BCUT2D eigenvalue weighted by molar-refractivity contribution is 7.89. The molecular formula is C21H30ClN3O3S. The number of hydrogen-bond acceptors (Lipinski definition) is 5. The molecule has 3 heterocycles. The molecule has 6 nitrogen and oxygen atoms in total. The number of benzene rings is 1. The van der Waals surface area contributed by atoms with Crippen molar-refractivity contribution in [1.82, 2.24) is 14.6 Å². The maximum absolute atomic E-state index is 13.3. The Hall–Kier alpha value is -1.41. The molecule has 0 spiro atoms. The normalized spacial score (nSPS) is 19.8. The van der Waals surface area contributed by atoms with Crippen LogP contribution in [-0.4, -0.2) is 43.9 Å². The van der Waals surface area contributed by atoms with Gasteiger partial charge in [0.05, 0.1) is 11.1 Å². The number of hydrogen-bond donors (Lipinski definition) is 1. The van der Waals surface area contributed by atoms with E-state index in [-0.39, 0.29) is 12.4 Å². The minimum atomic E-state index is -3.51. The summed E-state index contributed by atoms with van der Waals surface area (Å²) in [6.07, 6.45) is 6.00. The summed E-state index contributed by atoms with van der Waals surface area (Å²) < 4.78 is 33.9. The topological polar surface area (TPSA) is 75.4 Å². The van der Waals surface area contributed by atoms with Gasteiger partial charge >= 0.3 is 0 Å². The average molecular weight is 440 g/mol. The van der Waals surface area contributed by atoms with Crippen LogP contribution in [0, 0.1) is 25.7 Å². The molecule has 8 heteroatoms. The predicted molar refractivity (Wildman–Crippen MR) is 116 cm³/mol. The molecule has 4 rings (SSSR count). The fraction of sp³-hybridized carbons (Fsp3) is 0.571. The fourth-order valence-corrected chi connectivity index (χ4v) is 6.29. The van der Waals surface area contributed by atoms with Gasteiger partial charge in [-0.25, -0.2) is 13.4 Å². The Morgan fingerprint density at radius 1 is 1.07 bits per heavy atom. The Bertz CT molecular complexity index is 930. The van der Waals surface area contributed by atoms with E-state index >= 15 is 0 Å². The van der Waals surface area contributed by atoms with E-state index in [0.29, 0.717) is 35.6 Å². The Labute approximate surface area is 179 Å². The molecule has 0 unspecified atom stereocenters. The second-order valence-electron chi connectivity index (χ2n) is 8.05. The minimum Gasteiger partial charge on any atom is -0.441 e.